The molecule has 8 heteroatoms. The van der Waals surface area contributed by atoms with E-state index in [4.69, 9.17) is 10.5 Å². The lowest BCUT2D eigenvalue weighted by atomic mass is 10.2. The number of amides is 1. The van der Waals surface area contributed by atoms with Gasteiger partial charge < -0.3 is 25.8 Å². The van der Waals surface area contributed by atoms with Crippen molar-refractivity contribution in [3.63, 3.8) is 0 Å². The maximum Gasteiger partial charge on any atom is 0.253 e. The van der Waals surface area contributed by atoms with Crippen molar-refractivity contribution in [2.24, 2.45) is 5.73 Å². The molecule has 21 heavy (non-hydrogen) atoms. The second-order valence-corrected chi connectivity index (χ2v) is 4.42. The van der Waals surface area contributed by atoms with Crippen LogP contribution in [0.4, 0.5) is 11.4 Å². The molecule has 1 heterocycles. The third kappa shape index (κ3) is 5.68. The Labute approximate surface area is 136 Å². The summed E-state index contributed by atoms with van der Waals surface area (Å²) >= 11 is 0. The normalized spacial score (nSPS) is 15.7. The number of morpholine rings is 1. The average Bonchev–Trinajstić information content (AvgIpc) is 2.46. The van der Waals surface area contributed by atoms with Gasteiger partial charge >= 0.3 is 0 Å². The lowest BCUT2D eigenvalue weighted by molar-refractivity contribution is -0.125. The number of anilines is 2. The van der Waals surface area contributed by atoms with Crippen LogP contribution in [0.1, 0.15) is 0 Å². The highest BCUT2D eigenvalue weighted by Gasteiger charge is 2.19. The maximum atomic E-state index is 11.7. The van der Waals surface area contributed by atoms with Gasteiger partial charge in [-0.05, 0) is 24.3 Å². The van der Waals surface area contributed by atoms with E-state index < -0.39 is 6.10 Å². The number of aliphatic hydroxyl groups is 1. The molecule has 6 nitrogen and oxygen atoms in total. The van der Waals surface area contributed by atoms with Crippen molar-refractivity contribution in [2.45, 2.75) is 6.10 Å². The minimum absolute atomic E-state index is 0. The van der Waals surface area contributed by atoms with Gasteiger partial charge in [0.1, 0.15) is 6.61 Å². The van der Waals surface area contributed by atoms with E-state index in [9.17, 15) is 9.90 Å². The number of benzene rings is 1. The molecule has 0 spiro atoms. The molecule has 0 saturated carbocycles. The predicted octanol–water partition coefficient (Wildman–Crippen LogP) is 0.625. The molecule has 1 amide bonds. The minimum atomic E-state index is -0.555. The number of carbonyl (C=O) groups excluding carboxylic acids is 1. The molecule has 0 unspecified atom stereocenters. The van der Waals surface area contributed by atoms with Crippen LogP contribution in [0.2, 0.25) is 0 Å². The molecule has 1 aliphatic heterocycles. The highest BCUT2D eigenvalue weighted by atomic mass is 35.5. The molecular formula is C13H21Cl2N3O3. The van der Waals surface area contributed by atoms with Crippen molar-refractivity contribution in [3.05, 3.63) is 24.3 Å². The van der Waals surface area contributed by atoms with Gasteiger partial charge in [-0.25, -0.2) is 0 Å². The third-order valence-electron chi connectivity index (χ3n) is 2.98. The molecule has 4 N–H and O–H groups in total. The largest absolute Gasteiger partial charge is 0.390 e. The van der Waals surface area contributed by atoms with Crippen LogP contribution in [0.5, 0.6) is 0 Å². The molecule has 1 fully saturated rings. The summed E-state index contributed by atoms with van der Waals surface area (Å²) in [7, 11) is 0. The Bertz CT molecular complexity index is 431. The lowest BCUT2D eigenvalue weighted by Gasteiger charge is -2.27. The zero-order valence-corrected chi connectivity index (χ0v) is 13.2. The Morgan fingerprint density at radius 2 is 2.00 bits per heavy atom. The highest BCUT2D eigenvalue weighted by molar-refractivity contribution is 5.95. The summed E-state index contributed by atoms with van der Waals surface area (Å²) in [6.45, 7) is 1.92. The maximum absolute atomic E-state index is 11.7. The lowest BCUT2D eigenvalue weighted by Crippen LogP contribution is -2.41. The zero-order valence-electron chi connectivity index (χ0n) is 11.5. The second-order valence-electron chi connectivity index (χ2n) is 4.42. The first-order chi connectivity index (χ1) is 9.20. The van der Waals surface area contributed by atoms with E-state index in [2.05, 4.69) is 5.32 Å². The average molecular weight is 338 g/mol. The summed E-state index contributed by atoms with van der Waals surface area (Å²) in [5.41, 5.74) is 7.07. The molecule has 1 aliphatic rings. The van der Waals surface area contributed by atoms with Gasteiger partial charge in [0.2, 0.25) is 0 Å². The quantitative estimate of drug-likeness (QED) is 0.733. The summed E-state index contributed by atoms with van der Waals surface area (Å²) in [5, 5.41) is 12.4. The van der Waals surface area contributed by atoms with Crippen molar-refractivity contribution in [3.8, 4) is 0 Å². The first-order valence-electron chi connectivity index (χ1n) is 6.31. The first kappa shape index (κ1) is 19.9. The minimum Gasteiger partial charge on any atom is -0.390 e. The van der Waals surface area contributed by atoms with Crippen molar-refractivity contribution in [1.29, 1.82) is 0 Å². The van der Waals surface area contributed by atoms with E-state index in [-0.39, 0.29) is 43.9 Å². The molecule has 120 valence electrons. The van der Waals surface area contributed by atoms with Crippen molar-refractivity contribution in [1.82, 2.24) is 0 Å². The molecule has 1 aromatic carbocycles. The van der Waals surface area contributed by atoms with Gasteiger partial charge in [-0.1, -0.05) is 0 Å². The Morgan fingerprint density at radius 3 is 2.57 bits per heavy atom. The van der Waals surface area contributed by atoms with E-state index in [1.165, 1.54) is 0 Å². The Balaban J connectivity index is 0.00000200. The number of nitrogens with zero attached hydrogens (tertiary/aromatic N) is 1. The van der Waals surface area contributed by atoms with Crippen molar-refractivity contribution < 1.29 is 14.6 Å². The van der Waals surface area contributed by atoms with Crippen molar-refractivity contribution >= 4 is 42.1 Å². The zero-order chi connectivity index (χ0) is 13.7. The topological polar surface area (TPSA) is 87.8 Å². The Morgan fingerprint density at radius 1 is 1.33 bits per heavy atom. The number of nitrogens with one attached hydrogen (secondary N) is 1. The SMILES string of the molecule is Cl.Cl.NC[C@H](O)CNc1ccc(N2CCOCC2=O)cc1. The van der Waals surface area contributed by atoms with Crippen LogP contribution in [0, 0.1) is 0 Å². The molecule has 2 rings (SSSR count). The van der Waals surface area contributed by atoms with Crippen LogP contribution in [-0.2, 0) is 9.53 Å². The fourth-order valence-electron chi connectivity index (χ4n) is 1.87. The summed E-state index contributed by atoms with van der Waals surface area (Å²) in [6, 6.07) is 7.50. The van der Waals surface area contributed by atoms with E-state index in [1.807, 2.05) is 24.3 Å². The van der Waals surface area contributed by atoms with Crippen molar-refractivity contribution in [2.75, 3.05) is 43.1 Å². The van der Waals surface area contributed by atoms with Gasteiger partial charge in [-0.15, -0.1) is 24.8 Å². The number of carbonyl (C=O) groups is 1. The molecule has 0 aromatic heterocycles. The van der Waals surface area contributed by atoms with Gasteiger partial charge in [-0.3, -0.25) is 4.79 Å². The van der Waals surface area contributed by atoms with Crippen LogP contribution in [0.3, 0.4) is 0 Å². The molecule has 0 radical (unpaired) electrons. The van der Waals surface area contributed by atoms with Gasteiger partial charge in [0.15, 0.2) is 0 Å². The fourth-order valence-corrected chi connectivity index (χ4v) is 1.87. The summed E-state index contributed by atoms with van der Waals surface area (Å²) in [6.07, 6.45) is -0.555. The standard InChI is InChI=1S/C13H19N3O3.2ClH/c14-7-12(17)8-15-10-1-3-11(4-2-10)16-5-6-19-9-13(16)18;;/h1-4,12,15,17H,5-9,14H2;2*1H/t12-;;/m0../s1. The molecular weight excluding hydrogens is 317 g/mol. The Hall–Kier alpha value is -1.05. The summed E-state index contributed by atoms with van der Waals surface area (Å²) in [5.74, 6) is -0.0227. The van der Waals surface area contributed by atoms with Gasteiger partial charge in [0, 0.05) is 31.0 Å². The van der Waals surface area contributed by atoms with Crippen LogP contribution in [0.25, 0.3) is 0 Å². The van der Waals surface area contributed by atoms with E-state index in [1.54, 1.807) is 4.90 Å². The van der Waals surface area contributed by atoms with Crippen LogP contribution in [0.15, 0.2) is 24.3 Å². The number of hydrogen-bond donors (Lipinski definition) is 3. The van der Waals surface area contributed by atoms with E-state index in [0.717, 1.165) is 11.4 Å². The Kier molecular flexibility index (Phi) is 9.32. The van der Waals surface area contributed by atoms with Crippen LogP contribution < -0.4 is 16.0 Å². The smallest absolute Gasteiger partial charge is 0.253 e. The number of ether oxygens (including phenoxy) is 1. The number of nitrogens with two attached hydrogens (primary N) is 1. The van der Waals surface area contributed by atoms with E-state index in [0.29, 0.717) is 19.7 Å². The molecule has 0 aliphatic carbocycles. The van der Waals surface area contributed by atoms with E-state index >= 15 is 0 Å². The number of aliphatic hydroxyl groups excluding tert-OH is 1. The first-order valence-corrected chi connectivity index (χ1v) is 6.31. The monoisotopic (exact) mass is 337 g/mol. The van der Waals surface area contributed by atoms with Gasteiger partial charge in [-0.2, -0.15) is 0 Å². The highest BCUT2D eigenvalue weighted by Crippen LogP contribution is 2.19. The molecule has 1 aromatic rings. The second kappa shape index (κ2) is 9.81. The number of halogens is 2. The summed E-state index contributed by atoms with van der Waals surface area (Å²) in [4.78, 5) is 13.4. The molecule has 1 atom stereocenters. The summed E-state index contributed by atoms with van der Waals surface area (Å²) < 4.78 is 5.09. The number of rotatable bonds is 5. The third-order valence-corrected chi connectivity index (χ3v) is 2.98. The fraction of sp³-hybridized carbons (Fsp3) is 0.462. The predicted molar refractivity (Wildman–Crippen MR) is 87.7 cm³/mol. The molecule has 1 saturated heterocycles. The van der Waals surface area contributed by atoms with Crippen LogP contribution >= 0.6 is 24.8 Å². The number of hydrogen-bond acceptors (Lipinski definition) is 5. The van der Waals surface area contributed by atoms with Gasteiger partial charge in [0.25, 0.3) is 5.91 Å². The van der Waals surface area contributed by atoms with Gasteiger partial charge in [0.05, 0.1) is 12.7 Å². The molecule has 0 bridgehead atoms. The van der Waals surface area contributed by atoms with Crippen LogP contribution in [-0.4, -0.2) is 50.0 Å².